The Bertz CT molecular complexity index is 1090. The third-order valence-electron chi connectivity index (χ3n) is 4.23. The lowest BCUT2D eigenvalue weighted by Crippen LogP contribution is -2.32. The van der Waals surface area contributed by atoms with Crippen LogP contribution in [-0.4, -0.2) is 27.3 Å². The third kappa shape index (κ3) is 5.49. The fraction of sp³-hybridized carbons (Fsp3) is 0.273. The molecule has 2 aromatic carbocycles. The molecule has 1 aromatic heterocycles. The van der Waals surface area contributed by atoms with Gasteiger partial charge in [-0.15, -0.1) is 10.2 Å². The molecule has 1 heterocycles. The second-order valence-electron chi connectivity index (χ2n) is 7.63. The van der Waals surface area contributed by atoms with Crippen LogP contribution in [0.15, 0.2) is 63.6 Å². The average molecular weight is 443 g/mol. The smallest absolute Gasteiger partial charge is 0.297 e. The first kappa shape index (κ1) is 22.1. The zero-order valence-electron chi connectivity index (χ0n) is 17.3. The van der Waals surface area contributed by atoms with Gasteiger partial charge in [-0.2, -0.15) is 9.78 Å². The maximum atomic E-state index is 12.8. The predicted molar refractivity (Wildman–Crippen MR) is 122 cm³/mol. The molecule has 0 aliphatic rings. The molecule has 0 fully saturated rings. The van der Waals surface area contributed by atoms with Crippen molar-refractivity contribution in [2.45, 2.75) is 37.9 Å². The SMILES string of the molecule is CSc1nnc(C(C)(C)C)c(=O)n1/N=C/c1ccc(OCc2ccc(Cl)cc2)cc1. The van der Waals surface area contributed by atoms with Crippen molar-refractivity contribution < 1.29 is 4.74 Å². The van der Waals surface area contributed by atoms with Crippen LogP contribution in [-0.2, 0) is 12.0 Å². The molecule has 0 N–H and O–H groups in total. The first-order chi connectivity index (χ1) is 14.3. The van der Waals surface area contributed by atoms with E-state index in [2.05, 4.69) is 15.3 Å². The van der Waals surface area contributed by atoms with Crippen molar-refractivity contribution in [1.29, 1.82) is 0 Å². The summed E-state index contributed by atoms with van der Waals surface area (Å²) in [7, 11) is 0. The van der Waals surface area contributed by atoms with Crippen LogP contribution in [0.4, 0.5) is 0 Å². The molecule has 0 saturated carbocycles. The number of benzene rings is 2. The molecular formula is C22H23ClN4O2S. The number of halogens is 1. The normalized spacial score (nSPS) is 11.8. The molecule has 6 nitrogen and oxygen atoms in total. The van der Waals surface area contributed by atoms with E-state index >= 15 is 0 Å². The lowest BCUT2D eigenvalue weighted by atomic mass is 9.93. The molecule has 0 bridgehead atoms. The lowest BCUT2D eigenvalue weighted by Gasteiger charge is -2.16. The van der Waals surface area contributed by atoms with Crippen molar-refractivity contribution in [3.63, 3.8) is 0 Å². The molecule has 0 saturated heterocycles. The van der Waals surface area contributed by atoms with Crippen molar-refractivity contribution in [1.82, 2.24) is 14.9 Å². The minimum Gasteiger partial charge on any atom is -0.489 e. The van der Waals surface area contributed by atoms with Crippen LogP contribution >= 0.6 is 23.4 Å². The van der Waals surface area contributed by atoms with E-state index in [9.17, 15) is 4.79 Å². The number of aromatic nitrogens is 3. The third-order valence-corrected chi connectivity index (χ3v) is 5.10. The first-order valence-corrected chi connectivity index (χ1v) is 10.9. The Balaban J connectivity index is 1.75. The highest BCUT2D eigenvalue weighted by Gasteiger charge is 2.23. The van der Waals surface area contributed by atoms with E-state index in [1.54, 1.807) is 6.21 Å². The number of hydrogen-bond donors (Lipinski definition) is 0. The summed E-state index contributed by atoms with van der Waals surface area (Å²) < 4.78 is 7.09. The van der Waals surface area contributed by atoms with Gasteiger partial charge >= 0.3 is 0 Å². The van der Waals surface area contributed by atoms with E-state index in [1.807, 2.05) is 75.6 Å². The maximum absolute atomic E-state index is 12.8. The Labute approximate surface area is 185 Å². The van der Waals surface area contributed by atoms with E-state index in [0.29, 0.717) is 22.5 Å². The van der Waals surface area contributed by atoms with Crippen molar-refractivity contribution in [3.8, 4) is 5.75 Å². The van der Waals surface area contributed by atoms with Gasteiger partial charge in [-0.1, -0.05) is 56.3 Å². The molecule has 30 heavy (non-hydrogen) atoms. The summed E-state index contributed by atoms with van der Waals surface area (Å²) in [6.45, 7) is 6.23. The van der Waals surface area contributed by atoms with E-state index in [-0.39, 0.29) is 5.56 Å². The van der Waals surface area contributed by atoms with Crippen LogP contribution in [0.5, 0.6) is 5.75 Å². The van der Waals surface area contributed by atoms with Gasteiger partial charge in [0.15, 0.2) is 0 Å². The van der Waals surface area contributed by atoms with Gasteiger partial charge < -0.3 is 4.74 Å². The monoisotopic (exact) mass is 442 g/mol. The van der Waals surface area contributed by atoms with Gasteiger partial charge in [0.2, 0.25) is 5.16 Å². The van der Waals surface area contributed by atoms with Crippen molar-refractivity contribution in [2.75, 3.05) is 6.26 Å². The number of thioether (sulfide) groups is 1. The summed E-state index contributed by atoms with van der Waals surface area (Å²) in [5.41, 5.74) is 1.57. The molecule has 0 spiro atoms. The zero-order chi connectivity index (χ0) is 21.7. The van der Waals surface area contributed by atoms with Crippen molar-refractivity contribution in [2.24, 2.45) is 5.10 Å². The Morgan fingerprint density at radius 1 is 1.10 bits per heavy atom. The van der Waals surface area contributed by atoms with Gasteiger partial charge in [0, 0.05) is 10.4 Å². The van der Waals surface area contributed by atoms with Crippen LogP contribution in [0.2, 0.25) is 5.02 Å². The number of hydrogen-bond acceptors (Lipinski definition) is 6. The molecular weight excluding hydrogens is 420 g/mol. The minimum atomic E-state index is -0.415. The Kier molecular flexibility index (Phi) is 6.95. The van der Waals surface area contributed by atoms with Crippen molar-refractivity contribution >= 4 is 29.6 Å². The topological polar surface area (TPSA) is 69.4 Å². The molecule has 0 atom stereocenters. The molecule has 0 aliphatic carbocycles. The molecule has 0 amide bonds. The van der Waals surface area contributed by atoms with Gasteiger partial charge in [0.1, 0.15) is 18.1 Å². The fourth-order valence-corrected chi connectivity index (χ4v) is 3.14. The lowest BCUT2D eigenvalue weighted by molar-refractivity contribution is 0.306. The Hall–Kier alpha value is -2.64. The molecule has 0 aliphatic heterocycles. The van der Waals surface area contributed by atoms with Crippen LogP contribution < -0.4 is 10.3 Å². The quantitative estimate of drug-likeness (QED) is 0.406. The van der Waals surface area contributed by atoms with Crippen LogP contribution in [0, 0.1) is 0 Å². The summed E-state index contributed by atoms with van der Waals surface area (Å²) in [6.07, 6.45) is 3.46. The van der Waals surface area contributed by atoms with Gasteiger partial charge in [0.05, 0.1) is 6.21 Å². The molecule has 156 valence electrons. The number of ether oxygens (including phenoxy) is 1. The Morgan fingerprint density at radius 2 is 1.77 bits per heavy atom. The summed E-state index contributed by atoms with van der Waals surface area (Å²) in [5.74, 6) is 0.740. The van der Waals surface area contributed by atoms with Gasteiger partial charge in [0.25, 0.3) is 5.56 Å². The van der Waals surface area contributed by atoms with E-state index in [0.717, 1.165) is 16.9 Å². The Morgan fingerprint density at radius 3 is 2.37 bits per heavy atom. The molecule has 0 radical (unpaired) electrons. The zero-order valence-corrected chi connectivity index (χ0v) is 18.9. The van der Waals surface area contributed by atoms with Crippen LogP contribution in [0.1, 0.15) is 37.6 Å². The summed E-state index contributed by atoms with van der Waals surface area (Å²) >= 11 is 7.22. The fourth-order valence-electron chi connectivity index (χ4n) is 2.59. The average Bonchev–Trinajstić information content (AvgIpc) is 2.72. The highest BCUT2D eigenvalue weighted by molar-refractivity contribution is 7.98. The van der Waals surface area contributed by atoms with Crippen LogP contribution in [0.3, 0.4) is 0 Å². The standard InChI is InChI=1S/C22H23ClN4O2S/c1-22(2,3)19-20(28)27(21(30-4)26-25-19)24-13-15-7-11-18(12-8-15)29-14-16-5-9-17(23)10-6-16/h5-13H,14H2,1-4H3/b24-13+. The predicted octanol–water partition coefficient (Wildman–Crippen LogP) is 4.77. The highest BCUT2D eigenvalue weighted by Crippen LogP contribution is 2.18. The molecule has 8 heteroatoms. The highest BCUT2D eigenvalue weighted by atomic mass is 35.5. The summed E-state index contributed by atoms with van der Waals surface area (Å²) in [6, 6.07) is 15.0. The summed E-state index contributed by atoms with van der Waals surface area (Å²) in [5, 5.41) is 13.7. The van der Waals surface area contributed by atoms with Gasteiger partial charge in [-0.3, -0.25) is 4.79 Å². The molecule has 3 rings (SSSR count). The summed E-state index contributed by atoms with van der Waals surface area (Å²) in [4.78, 5) is 12.8. The first-order valence-electron chi connectivity index (χ1n) is 9.34. The maximum Gasteiger partial charge on any atom is 0.297 e. The van der Waals surface area contributed by atoms with E-state index in [4.69, 9.17) is 16.3 Å². The molecule has 3 aromatic rings. The van der Waals surface area contributed by atoms with E-state index < -0.39 is 5.41 Å². The minimum absolute atomic E-state index is 0.263. The van der Waals surface area contributed by atoms with Gasteiger partial charge in [-0.05, 0) is 53.8 Å². The molecule has 0 unspecified atom stereocenters. The second-order valence-corrected chi connectivity index (χ2v) is 8.84. The second kappa shape index (κ2) is 9.45. The van der Waals surface area contributed by atoms with Gasteiger partial charge in [-0.25, -0.2) is 0 Å². The van der Waals surface area contributed by atoms with Crippen LogP contribution in [0.25, 0.3) is 0 Å². The number of nitrogens with zero attached hydrogens (tertiary/aromatic N) is 4. The number of rotatable bonds is 6. The van der Waals surface area contributed by atoms with Crippen molar-refractivity contribution in [3.05, 3.63) is 80.7 Å². The van der Waals surface area contributed by atoms with E-state index in [1.165, 1.54) is 16.4 Å². The largest absolute Gasteiger partial charge is 0.489 e.